The van der Waals surface area contributed by atoms with Crippen LogP contribution in [0.2, 0.25) is 0 Å². The summed E-state index contributed by atoms with van der Waals surface area (Å²) in [4.78, 5) is 2.59. The number of hydrogen-bond acceptors (Lipinski definition) is 4. The van der Waals surface area contributed by atoms with Gasteiger partial charge in [-0.05, 0) is 81.4 Å². The Labute approximate surface area is 189 Å². The highest BCUT2D eigenvalue weighted by molar-refractivity contribution is 5.68. The molecule has 2 aliphatic carbocycles. The monoisotopic (exact) mass is 428 g/mol. The molecule has 3 fully saturated rings. The molecule has 5 nitrogen and oxygen atoms in total. The van der Waals surface area contributed by atoms with Crippen molar-refractivity contribution in [2.75, 3.05) is 18.0 Å². The van der Waals surface area contributed by atoms with E-state index in [1.807, 2.05) is 0 Å². The molecule has 3 aromatic rings. The fourth-order valence-electron chi connectivity index (χ4n) is 6.26. The molecule has 2 aromatic heterocycles. The number of nitrogens with zero attached hydrogens (tertiary/aromatic N) is 4. The highest BCUT2D eigenvalue weighted by Gasteiger charge is 2.50. The van der Waals surface area contributed by atoms with E-state index in [-0.39, 0.29) is 11.2 Å². The number of ether oxygens (including phenoxy) is 1. The summed E-state index contributed by atoms with van der Waals surface area (Å²) < 4.78 is 9.06. The Morgan fingerprint density at radius 1 is 0.969 bits per heavy atom. The van der Waals surface area contributed by atoms with Crippen LogP contribution in [0, 0.1) is 5.92 Å². The fraction of sp³-hybridized carbons (Fsp3) is 0.556. The average molecular weight is 429 g/mol. The Bertz CT molecular complexity index is 1200. The quantitative estimate of drug-likeness (QED) is 0.564. The Kier molecular flexibility index (Phi) is 3.92. The van der Waals surface area contributed by atoms with Gasteiger partial charge in [0.25, 0.3) is 0 Å². The molecule has 7 rings (SSSR count). The van der Waals surface area contributed by atoms with Crippen LogP contribution in [0.25, 0.3) is 5.65 Å². The molecule has 4 aliphatic rings. The Balaban J connectivity index is 1.21. The summed E-state index contributed by atoms with van der Waals surface area (Å²) in [5, 5.41) is 9.30. The van der Waals surface area contributed by atoms with Crippen LogP contribution in [0.4, 0.5) is 5.69 Å². The predicted octanol–water partition coefficient (Wildman–Crippen LogP) is 5.32. The number of piperidine rings is 1. The molecule has 0 radical (unpaired) electrons. The highest BCUT2D eigenvalue weighted by Crippen LogP contribution is 2.53. The van der Waals surface area contributed by atoms with Gasteiger partial charge in [0.1, 0.15) is 5.82 Å². The van der Waals surface area contributed by atoms with Crippen LogP contribution < -0.4 is 4.90 Å². The minimum atomic E-state index is -0.212. The highest BCUT2D eigenvalue weighted by atomic mass is 16.5. The van der Waals surface area contributed by atoms with Crippen molar-refractivity contribution in [2.45, 2.75) is 75.9 Å². The van der Waals surface area contributed by atoms with Crippen molar-refractivity contribution in [3.63, 3.8) is 0 Å². The summed E-state index contributed by atoms with van der Waals surface area (Å²) in [6, 6.07) is 11.2. The summed E-state index contributed by atoms with van der Waals surface area (Å²) in [5.41, 5.74) is 6.33. The molecule has 166 valence electrons. The number of fused-ring (bicyclic) bond motifs is 3. The molecule has 0 amide bonds. The van der Waals surface area contributed by atoms with Crippen molar-refractivity contribution in [1.82, 2.24) is 14.6 Å². The number of pyridine rings is 1. The lowest BCUT2D eigenvalue weighted by molar-refractivity contribution is -0.136. The lowest BCUT2D eigenvalue weighted by atomic mass is 9.82. The fourth-order valence-corrected chi connectivity index (χ4v) is 6.26. The lowest BCUT2D eigenvalue weighted by Gasteiger charge is -2.42. The summed E-state index contributed by atoms with van der Waals surface area (Å²) in [5.74, 6) is 2.61. The van der Waals surface area contributed by atoms with Crippen LogP contribution >= 0.6 is 0 Å². The van der Waals surface area contributed by atoms with E-state index in [2.05, 4.69) is 64.8 Å². The zero-order valence-corrected chi connectivity index (χ0v) is 19.2. The average Bonchev–Trinajstić information content (AvgIpc) is 3.72. The summed E-state index contributed by atoms with van der Waals surface area (Å²) in [6.45, 7) is 6.47. The molecule has 4 heterocycles. The second-order valence-corrected chi connectivity index (χ2v) is 11.0. The first-order valence-corrected chi connectivity index (χ1v) is 12.5. The number of aromatic nitrogens is 3. The molecule has 2 saturated carbocycles. The topological polar surface area (TPSA) is 42.7 Å². The Morgan fingerprint density at radius 3 is 2.44 bits per heavy atom. The van der Waals surface area contributed by atoms with Crippen molar-refractivity contribution in [1.29, 1.82) is 0 Å². The van der Waals surface area contributed by atoms with E-state index >= 15 is 0 Å². The third kappa shape index (κ3) is 2.86. The van der Waals surface area contributed by atoms with Crippen molar-refractivity contribution >= 4 is 11.3 Å². The zero-order valence-electron chi connectivity index (χ0n) is 19.2. The van der Waals surface area contributed by atoms with Gasteiger partial charge < -0.3 is 9.64 Å². The van der Waals surface area contributed by atoms with Crippen LogP contribution in [-0.2, 0) is 22.4 Å². The van der Waals surface area contributed by atoms with Crippen molar-refractivity contribution < 1.29 is 4.74 Å². The Morgan fingerprint density at radius 2 is 1.72 bits per heavy atom. The molecule has 1 aromatic carbocycles. The summed E-state index contributed by atoms with van der Waals surface area (Å²) in [6.07, 6.45) is 10.6. The molecule has 1 spiro atoms. The summed E-state index contributed by atoms with van der Waals surface area (Å²) in [7, 11) is 0. The molecular weight excluding hydrogens is 396 g/mol. The SMILES string of the molecule is CC1(C)OC2(CCN(c3ccn4c(CC5CC5)nnc4c3C3CC3)CC2)c2ccccc21. The molecule has 0 unspecified atom stereocenters. The van der Waals surface area contributed by atoms with Gasteiger partial charge >= 0.3 is 0 Å². The maximum atomic E-state index is 6.79. The normalized spacial score (nSPS) is 23.8. The van der Waals surface area contributed by atoms with E-state index in [9.17, 15) is 0 Å². The zero-order chi connectivity index (χ0) is 21.5. The first kappa shape index (κ1) is 19.1. The summed E-state index contributed by atoms with van der Waals surface area (Å²) >= 11 is 0. The van der Waals surface area contributed by atoms with E-state index in [0.717, 1.165) is 49.7 Å². The minimum absolute atomic E-state index is 0.146. The molecule has 0 N–H and O–H groups in total. The van der Waals surface area contributed by atoms with Gasteiger partial charge in [-0.1, -0.05) is 24.3 Å². The first-order chi connectivity index (χ1) is 15.5. The number of hydrogen-bond donors (Lipinski definition) is 0. The van der Waals surface area contributed by atoms with Crippen LogP contribution in [0.5, 0.6) is 0 Å². The molecule has 1 saturated heterocycles. The van der Waals surface area contributed by atoms with Crippen molar-refractivity contribution in [3.05, 3.63) is 59.0 Å². The Hall–Kier alpha value is -2.40. The third-order valence-electron chi connectivity index (χ3n) is 8.25. The predicted molar refractivity (Wildman–Crippen MR) is 125 cm³/mol. The van der Waals surface area contributed by atoms with Gasteiger partial charge in [0, 0.05) is 37.0 Å². The van der Waals surface area contributed by atoms with Gasteiger partial charge in [0.2, 0.25) is 0 Å². The van der Waals surface area contributed by atoms with Gasteiger partial charge in [-0.2, -0.15) is 0 Å². The molecular formula is C27H32N4O. The smallest absolute Gasteiger partial charge is 0.166 e. The maximum absolute atomic E-state index is 6.79. The van der Waals surface area contributed by atoms with Crippen molar-refractivity contribution in [2.24, 2.45) is 5.92 Å². The van der Waals surface area contributed by atoms with Crippen LogP contribution in [-0.4, -0.2) is 27.7 Å². The van der Waals surface area contributed by atoms with E-state index < -0.39 is 0 Å². The number of rotatable bonds is 4. The number of anilines is 1. The second kappa shape index (κ2) is 6.57. The molecule has 0 atom stereocenters. The lowest BCUT2D eigenvalue weighted by Crippen LogP contribution is -2.44. The molecule has 5 heteroatoms. The minimum Gasteiger partial charge on any atom is -0.371 e. The largest absolute Gasteiger partial charge is 0.371 e. The van der Waals surface area contributed by atoms with E-state index in [4.69, 9.17) is 9.84 Å². The van der Waals surface area contributed by atoms with Gasteiger partial charge in [-0.3, -0.25) is 4.40 Å². The van der Waals surface area contributed by atoms with Gasteiger partial charge in [-0.25, -0.2) is 0 Å². The first-order valence-electron chi connectivity index (χ1n) is 12.5. The standard InChI is InChI=1S/C27H32N4O/c1-26(2)20-5-3-4-6-21(20)27(32-26)12-15-30(16-13-27)22-11-14-31-23(17-18-7-8-18)28-29-25(31)24(22)19-9-10-19/h3-6,11,14,18-19H,7-10,12-13,15-17H2,1-2H3. The van der Waals surface area contributed by atoms with Crippen LogP contribution in [0.15, 0.2) is 36.5 Å². The molecule has 32 heavy (non-hydrogen) atoms. The second-order valence-electron chi connectivity index (χ2n) is 11.0. The maximum Gasteiger partial charge on any atom is 0.166 e. The van der Waals surface area contributed by atoms with Gasteiger partial charge in [0.15, 0.2) is 5.65 Å². The number of benzene rings is 1. The van der Waals surface area contributed by atoms with Crippen LogP contribution in [0.3, 0.4) is 0 Å². The van der Waals surface area contributed by atoms with Gasteiger partial charge in [-0.15, -0.1) is 10.2 Å². The molecule has 2 aliphatic heterocycles. The van der Waals surface area contributed by atoms with Crippen molar-refractivity contribution in [3.8, 4) is 0 Å². The molecule has 0 bridgehead atoms. The van der Waals surface area contributed by atoms with E-state index in [1.54, 1.807) is 0 Å². The van der Waals surface area contributed by atoms with E-state index in [1.165, 1.54) is 48.1 Å². The van der Waals surface area contributed by atoms with E-state index in [0.29, 0.717) is 5.92 Å². The van der Waals surface area contributed by atoms with Gasteiger partial charge in [0.05, 0.1) is 11.2 Å². The van der Waals surface area contributed by atoms with Crippen LogP contribution in [0.1, 0.15) is 80.8 Å². The third-order valence-corrected chi connectivity index (χ3v) is 8.25.